The van der Waals surface area contributed by atoms with Gasteiger partial charge in [-0.2, -0.15) is 0 Å². The van der Waals surface area contributed by atoms with E-state index in [1.807, 2.05) is 4.40 Å². The first-order valence-electron chi connectivity index (χ1n) is 6.26. The van der Waals surface area contributed by atoms with Crippen LogP contribution in [0.15, 0.2) is 30.5 Å². The largest absolute Gasteiger partial charge is 0.296 e. The molecule has 3 nitrogen and oxygen atoms in total. The molecule has 4 heteroatoms. The number of rotatable bonds is 3. The fourth-order valence-corrected chi connectivity index (χ4v) is 3.32. The maximum absolute atomic E-state index is 11.2. The smallest absolute Gasteiger partial charge is 0.194 e. The van der Waals surface area contributed by atoms with Crippen molar-refractivity contribution in [2.75, 3.05) is 0 Å². The molecule has 0 aliphatic rings. The first kappa shape index (κ1) is 12.1. The van der Waals surface area contributed by atoms with Gasteiger partial charge in [0.25, 0.3) is 0 Å². The van der Waals surface area contributed by atoms with Gasteiger partial charge in [0.15, 0.2) is 11.2 Å². The van der Waals surface area contributed by atoms with Crippen LogP contribution in [0.1, 0.15) is 27.9 Å². The summed E-state index contributed by atoms with van der Waals surface area (Å²) in [6, 6.07) is 8.39. The topological polar surface area (TPSA) is 34.4 Å². The van der Waals surface area contributed by atoms with Crippen molar-refractivity contribution in [1.82, 2.24) is 9.38 Å². The monoisotopic (exact) mass is 270 g/mol. The lowest BCUT2D eigenvalue weighted by molar-refractivity contribution is 0.111. The number of thiazole rings is 1. The molecule has 2 aromatic heterocycles. The van der Waals surface area contributed by atoms with E-state index in [1.54, 1.807) is 17.5 Å². The number of carbonyl (C=O) groups is 1. The summed E-state index contributed by atoms with van der Waals surface area (Å²) in [6.07, 6.45) is 3.44. The SMILES string of the molecule is CCc1sc2ncc(C=O)n2c1-c1ccc(C)cc1. The van der Waals surface area contributed by atoms with Crippen LogP contribution in [-0.4, -0.2) is 15.7 Å². The predicted molar refractivity (Wildman–Crippen MR) is 78.0 cm³/mol. The number of benzene rings is 1. The van der Waals surface area contributed by atoms with Crippen molar-refractivity contribution >= 4 is 22.6 Å². The lowest BCUT2D eigenvalue weighted by Gasteiger charge is -2.05. The van der Waals surface area contributed by atoms with Crippen molar-refractivity contribution in [3.05, 3.63) is 46.6 Å². The zero-order valence-electron chi connectivity index (χ0n) is 10.9. The van der Waals surface area contributed by atoms with E-state index in [-0.39, 0.29) is 0 Å². The molecule has 0 unspecified atom stereocenters. The van der Waals surface area contributed by atoms with Crippen molar-refractivity contribution < 1.29 is 4.79 Å². The van der Waals surface area contributed by atoms with Gasteiger partial charge in [-0.1, -0.05) is 36.8 Å². The number of fused-ring (bicyclic) bond motifs is 1. The third-order valence-corrected chi connectivity index (χ3v) is 4.42. The van der Waals surface area contributed by atoms with Crippen molar-refractivity contribution in [2.24, 2.45) is 0 Å². The maximum Gasteiger partial charge on any atom is 0.194 e. The van der Waals surface area contributed by atoms with E-state index in [4.69, 9.17) is 0 Å². The van der Waals surface area contributed by atoms with E-state index in [2.05, 4.69) is 43.1 Å². The van der Waals surface area contributed by atoms with Gasteiger partial charge >= 0.3 is 0 Å². The Morgan fingerprint density at radius 3 is 2.68 bits per heavy atom. The molecule has 96 valence electrons. The average molecular weight is 270 g/mol. The zero-order chi connectivity index (χ0) is 13.4. The molecule has 0 saturated carbocycles. The van der Waals surface area contributed by atoms with Crippen LogP contribution in [0.4, 0.5) is 0 Å². The van der Waals surface area contributed by atoms with Gasteiger partial charge in [-0.15, -0.1) is 11.3 Å². The molecule has 19 heavy (non-hydrogen) atoms. The highest BCUT2D eigenvalue weighted by atomic mass is 32.1. The van der Waals surface area contributed by atoms with E-state index in [9.17, 15) is 4.79 Å². The fraction of sp³-hybridized carbons (Fsp3) is 0.200. The summed E-state index contributed by atoms with van der Waals surface area (Å²) in [7, 11) is 0. The Hall–Kier alpha value is -1.94. The highest BCUT2D eigenvalue weighted by Gasteiger charge is 2.16. The molecule has 2 heterocycles. The molecule has 0 radical (unpaired) electrons. The second-order valence-electron chi connectivity index (χ2n) is 4.51. The lowest BCUT2D eigenvalue weighted by atomic mass is 10.1. The standard InChI is InChI=1S/C15H14N2OS/c1-3-13-14(11-6-4-10(2)5-7-11)17-12(9-18)8-16-15(17)19-13/h4-9H,3H2,1-2H3. The van der Waals surface area contributed by atoms with Crippen LogP contribution < -0.4 is 0 Å². The second kappa shape index (κ2) is 4.63. The Kier molecular flexibility index (Phi) is 2.95. The van der Waals surface area contributed by atoms with Gasteiger partial charge in [0.1, 0.15) is 5.69 Å². The summed E-state index contributed by atoms with van der Waals surface area (Å²) >= 11 is 1.65. The van der Waals surface area contributed by atoms with Crippen molar-refractivity contribution in [2.45, 2.75) is 20.3 Å². The van der Waals surface area contributed by atoms with Gasteiger partial charge in [0, 0.05) is 4.88 Å². The summed E-state index contributed by atoms with van der Waals surface area (Å²) in [5.74, 6) is 0. The Balaban J connectivity index is 2.33. The van der Waals surface area contributed by atoms with Crippen LogP contribution >= 0.6 is 11.3 Å². The first-order chi connectivity index (χ1) is 9.24. The Morgan fingerprint density at radius 2 is 2.05 bits per heavy atom. The van der Waals surface area contributed by atoms with Gasteiger partial charge in [0.05, 0.1) is 11.9 Å². The van der Waals surface area contributed by atoms with E-state index in [0.29, 0.717) is 5.69 Å². The Morgan fingerprint density at radius 1 is 1.32 bits per heavy atom. The molecule has 3 aromatic rings. The number of aldehydes is 1. The van der Waals surface area contributed by atoms with Gasteiger partial charge in [-0.25, -0.2) is 4.98 Å². The third-order valence-electron chi connectivity index (χ3n) is 3.23. The van der Waals surface area contributed by atoms with Crippen molar-refractivity contribution in [3.63, 3.8) is 0 Å². The molecule has 0 fully saturated rings. The minimum absolute atomic E-state index is 0.613. The van der Waals surface area contributed by atoms with Gasteiger partial charge in [0.2, 0.25) is 0 Å². The first-order valence-corrected chi connectivity index (χ1v) is 7.07. The molecule has 0 atom stereocenters. The maximum atomic E-state index is 11.2. The molecule has 0 N–H and O–H groups in total. The number of aromatic nitrogens is 2. The highest BCUT2D eigenvalue weighted by Crippen LogP contribution is 2.33. The summed E-state index contributed by atoms with van der Waals surface area (Å²) in [5, 5.41) is 0. The third kappa shape index (κ3) is 1.88. The highest BCUT2D eigenvalue weighted by molar-refractivity contribution is 7.17. The molecular weight excluding hydrogens is 256 g/mol. The number of nitrogens with zero attached hydrogens (tertiary/aromatic N) is 2. The van der Waals surface area contributed by atoms with Crippen molar-refractivity contribution in [1.29, 1.82) is 0 Å². The molecule has 0 saturated heterocycles. The van der Waals surface area contributed by atoms with Gasteiger partial charge in [-0.05, 0) is 18.9 Å². The van der Waals surface area contributed by atoms with E-state index < -0.39 is 0 Å². The van der Waals surface area contributed by atoms with Crippen LogP contribution in [0.2, 0.25) is 0 Å². The predicted octanol–water partition coefficient (Wildman–Crippen LogP) is 3.75. The second-order valence-corrected chi connectivity index (χ2v) is 5.57. The Labute approximate surface area is 115 Å². The minimum atomic E-state index is 0.613. The normalized spacial score (nSPS) is 11.1. The average Bonchev–Trinajstić information content (AvgIpc) is 2.97. The van der Waals surface area contributed by atoms with E-state index in [1.165, 1.54) is 10.4 Å². The van der Waals surface area contributed by atoms with Crippen LogP contribution in [0, 0.1) is 6.92 Å². The molecule has 3 rings (SSSR count). The number of hydrogen-bond acceptors (Lipinski definition) is 3. The summed E-state index contributed by atoms with van der Waals surface area (Å²) in [6.45, 7) is 4.20. The summed E-state index contributed by atoms with van der Waals surface area (Å²) in [5.41, 5.74) is 4.08. The minimum Gasteiger partial charge on any atom is -0.296 e. The molecule has 0 amide bonds. The number of aryl methyl sites for hydroxylation is 2. The molecule has 1 aromatic carbocycles. The molecule has 0 spiro atoms. The molecule has 0 aliphatic carbocycles. The summed E-state index contributed by atoms with van der Waals surface area (Å²) < 4.78 is 1.96. The fourth-order valence-electron chi connectivity index (χ4n) is 2.25. The molecular formula is C15H14N2OS. The van der Waals surface area contributed by atoms with Crippen LogP contribution in [-0.2, 0) is 6.42 Å². The van der Waals surface area contributed by atoms with E-state index in [0.717, 1.165) is 28.9 Å². The molecule has 0 bridgehead atoms. The van der Waals surface area contributed by atoms with Crippen LogP contribution in [0.3, 0.4) is 0 Å². The van der Waals surface area contributed by atoms with Crippen LogP contribution in [0.5, 0.6) is 0 Å². The zero-order valence-corrected chi connectivity index (χ0v) is 11.7. The lowest BCUT2D eigenvalue weighted by Crippen LogP contribution is -1.94. The quantitative estimate of drug-likeness (QED) is 0.679. The Bertz CT molecular complexity index is 737. The van der Waals surface area contributed by atoms with Gasteiger partial charge in [-0.3, -0.25) is 9.20 Å². The van der Waals surface area contributed by atoms with E-state index >= 15 is 0 Å². The van der Waals surface area contributed by atoms with Gasteiger partial charge < -0.3 is 0 Å². The summed E-state index contributed by atoms with van der Waals surface area (Å²) in [4.78, 5) is 17.6. The van der Waals surface area contributed by atoms with Crippen molar-refractivity contribution in [3.8, 4) is 11.3 Å². The molecule has 0 aliphatic heterocycles. The number of hydrogen-bond donors (Lipinski definition) is 0. The number of imidazole rings is 1. The van der Waals surface area contributed by atoms with Crippen LogP contribution in [0.25, 0.3) is 16.2 Å². The number of carbonyl (C=O) groups excluding carboxylic acids is 1.